The summed E-state index contributed by atoms with van der Waals surface area (Å²) in [5, 5.41) is 8.52. The zero-order valence-electron chi connectivity index (χ0n) is 10.3. The van der Waals surface area contributed by atoms with Crippen LogP contribution < -0.4 is 4.90 Å². The highest BCUT2D eigenvalue weighted by Crippen LogP contribution is 2.20. The molecule has 17 heavy (non-hydrogen) atoms. The molecule has 0 aliphatic heterocycles. The molecule has 1 N–H and O–H groups in total. The van der Waals surface area contributed by atoms with E-state index < -0.39 is 5.97 Å². The fraction of sp³-hybridized carbons (Fsp3) is 0.462. The lowest BCUT2D eigenvalue weighted by atomic mass is 10.3. The maximum absolute atomic E-state index is 10.4. The van der Waals surface area contributed by atoms with E-state index in [2.05, 4.69) is 18.7 Å². The summed E-state index contributed by atoms with van der Waals surface area (Å²) < 4.78 is 5.58. The molecule has 4 nitrogen and oxygen atoms in total. The minimum atomic E-state index is -0.970. The zero-order valence-corrected chi connectivity index (χ0v) is 10.3. The fourth-order valence-electron chi connectivity index (χ4n) is 1.63. The van der Waals surface area contributed by atoms with Crippen LogP contribution in [0.25, 0.3) is 6.08 Å². The Balaban J connectivity index is 2.73. The summed E-state index contributed by atoms with van der Waals surface area (Å²) in [4.78, 5) is 12.5. The lowest BCUT2D eigenvalue weighted by Gasteiger charge is -2.20. The topological polar surface area (TPSA) is 53.7 Å². The van der Waals surface area contributed by atoms with Gasteiger partial charge in [0.15, 0.2) is 5.88 Å². The molecular weight excluding hydrogens is 218 g/mol. The monoisotopic (exact) mass is 237 g/mol. The Labute approximate surface area is 102 Å². The van der Waals surface area contributed by atoms with E-state index in [4.69, 9.17) is 9.52 Å². The SMILES string of the molecule is CCCN(CCC)c1ccc(/C=C/C(=O)O)o1. The van der Waals surface area contributed by atoms with Crippen LogP contribution in [-0.4, -0.2) is 24.2 Å². The minimum absolute atomic E-state index is 0.569. The molecule has 0 radical (unpaired) electrons. The summed E-state index contributed by atoms with van der Waals surface area (Å²) in [5.41, 5.74) is 0. The Morgan fingerprint density at radius 3 is 2.53 bits per heavy atom. The molecule has 0 aromatic carbocycles. The van der Waals surface area contributed by atoms with Crippen LogP contribution in [0.15, 0.2) is 22.6 Å². The Hall–Kier alpha value is -1.71. The van der Waals surface area contributed by atoms with E-state index in [1.165, 1.54) is 6.08 Å². The van der Waals surface area contributed by atoms with E-state index in [1.807, 2.05) is 6.07 Å². The van der Waals surface area contributed by atoms with Crippen molar-refractivity contribution in [3.63, 3.8) is 0 Å². The normalized spacial score (nSPS) is 10.9. The van der Waals surface area contributed by atoms with Crippen LogP contribution in [0, 0.1) is 0 Å². The number of carboxylic acid groups (broad SMARTS) is 1. The van der Waals surface area contributed by atoms with Gasteiger partial charge in [0.05, 0.1) is 0 Å². The van der Waals surface area contributed by atoms with Gasteiger partial charge < -0.3 is 14.4 Å². The first kappa shape index (κ1) is 13.4. The van der Waals surface area contributed by atoms with Crippen molar-refractivity contribution in [2.24, 2.45) is 0 Å². The molecule has 0 amide bonds. The van der Waals surface area contributed by atoms with E-state index in [1.54, 1.807) is 6.07 Å². The third kappa shape index (κ3) is 4.34. The Kier molecular flexibility index (Phi) is 5.33. The molecule has 0 bridgehead atoms. The molecule has 0 spiro atoms. The van der Waals surface area contributed by atoms with Crippen molar-refractivity contribution in [3.05, 3.63) is 24.0 Å². The number of anilines is 1. The van der Waals surface area contributed by atoms with Crippen LogP contribution in [-0.2, 0) is 4.79 Å². The zero-order chi connectivity index (χ0) is 12.7. The number of carboxylic acids is 1. The van der Waals surface area contributed by atoms with Crippen LogP contribution >= 0.6 is 0 Å². The lowest BCUT2D eigenvalue weighted by Crippen LogP contribution is -2.24. The molecule has 1 aromatic rings. The average molecular weight is 237 g/mol. The predicted molar refractivity (Wildman–Crippen MR) is 68.2 cm³/mol. The number of hydrogen-bond donors (Lipinski definition) is 1. The van der Waals surface area contributed by atoms with E-state index in [9.17, 15) is 4.79 Å². The van der Waals surface area contributed by atoms with Gasteiger partial charge in [0.2, 0.25) is 0 Å². The molecular formula is C13H19NO3. The van der Waals surface area contributed by atoms with Crippen molar-refractivity contribution in [1.82, 2.24) is 0 Å². The van der Waals surface area contributed by atoms with Gasteiger partial charge in [-0.05, 0) is 25.0 Å². The van der Waals surface area contributed by atoms with Gasteiger partial charge >= 0.3 is 5.97 Å². The van der Waals surface area contributed by atoms with Gasteiger partial charge in [0.1, 0.15) is 5.76 Å². The number of rotatable bonds is 7. The predicted octanol–water partition coefficient (Wildman–Crippen LogP) is 3.00. The smallest absolute Gasteiger partial charge is 0.328 e. The molecule has 4 heteroatoms. The lowest BCUT2D eigenvalue weighted by molar-refractivity contribution is -0.131. The maximum atomic E-state index is 10.4. The number of carbonyl (C=O) groups is 1. The summed E-state index contributed by atoms with van der Waals surface area (Å²) in [6.45, 7) is 6.14. The number of furan rings is 1. The summed E-state index contributed by atoms with van der Waals surface area (Å²) in [6.07, 6.45) is 4.65. The largest absolute Gasteiger partial charge is 0.478 e. The van der Waals surface area contributed by atoms with Gasteiger partial charge in [0.25, 0.3) is 0 Å². The fourth-order valence-corrected chi connectivity index (χ4v) is 1.63. The molecule has 0 saturated carbocycles. The molecule has 1 rings (SSSR count). The van der Waals surface area contributed by atoms with Crippen LogP contribution in [0.3, 0.4) is 0 Å². The summed E-state index contributed by atoms with van der Waals surface area (Å²) in [7, 11) is 0. The van der Waals surface area contributed by atoms with Gasteiger partial charge in [-0.3, -0.25) is 0 Å². The van der Waals surface area contributed by atoms with Gasteiger partial charge in [0, 0.05) is 25.2 Å². The van der Waals surface area contributed by atoms with Crippen molar-refractivity contribution in [3.8, 4) is 0 Å². The highest BCUT2D eigenvalue weighted by Gasteiger charge is 2.08. The van der Waals surface area contributed by atoms with E-state index in [-0.39, 0.29) is 0 Å². The molecule has 0 unspecified atom stereocenters. The number of nitrogens with zero attached hydrogens (tertiary/aromatic N) is 1. The third-order valence-corrected chi connectivity index (χ3v) is 2.30. The van der Waals surface area contributed by atoms with Gasteiger partial charge in [-0.15, -0.1) is 0 Å². The van der Waals surface area contributed by atoms with Crippen molar-refractivity contribution >= 4 is 17.9 Å². The molecule has 0 saturated heterocycles. The number of aliphatic carboxylic acids is 1. The standard InChI is InChI=1S/C13H19NO3/c1-3-9-14(10-4-2)12-7-5-11(17-12)6-8-13(15)16/h5-8H,3-4,9-10H2,1-2H3,(H,15,16)/b8-6+. The number of hydrogen-bond acceptors (Lipinski definition) is 3. The summed E-state index contributed by atoms with van der Waals surface area (Å²) in [6, 6.07) is 3.67. The quantitative estimate of drug-likeness (QED) is 0.741. The van der Waals surface area contributed by atoms with Gasteiger partial charge in [-0.2, -0.15) is 0 Å². The van der Waals surface area contributed by atoms with E-state index in [0.29, 0.717) is 5.76 Å². The molecule has 0 aliphatic rings. The molecule has 0 fully saturated rings. The maximum Gasteiger partial charge on any atom is 0.328 e. The average Bonchev–Trinajstić information content (AvgIpc) is 2.74. The Morgan fingerprint density at radius 1 is 1.35 bits per heavy atom. The van der Waals surface area contributed by atoms with Crippen molar-refractivity contribution < 1.29 is 14.3 Å². The summed E-state index contributed by atoms with van der Waals surface area (Å²) in [5.74, 6) is 0.403. The first-order valence-corrected chi connectivity index (χ1v) is 5.93. The van der Waals surface area contributed by atoms with E-state index >= 15 is 0 Å². The molecule has 1 aromatic heterocycles. The molecule has 94 valence electrons. The Bertz CT molecular complexity index is 376. The molecule has 1 heterocycles. The Morgan fingerprint density at radius 2 is 2.00 bits per heavy atom. The van der Waals surface area contributed by atoms with Gasteiger partial charge in [-0.1, -0.05) is 13.8 Å². The van der Waals surface area contributed by atoms with Crippen molar-refractivity contribution in [1.29, 1.82) is 0 Å². The van der Waals surface area contributed by atoms with Crippen LogP contribution in [0.1, 0.15) is 32.4 Å². The highest BCUT2D eigenvalue weighted by molar-refractivity contribution is 5.84. The first-order valence-electron chi connectivity index (χ1n) is 5.93. The van der Waals surface area contributed by atoms with Gasteiger partial charge in [-0.25, -0.2) is 4.79 Å². The minimum Gasteiger partial charge on any atom is -0.478 e. The second-order valence-corrected chi connectivity index (χ2v) is 3.83. The molecule has 0 atom stereocenters. The summed E-state index contributed by atoms with van der Waals surface area (Å²) >= 11 is 0. The van der Waals surface area contributed by atoms with E-state index in [0.717, 1.165) is 37.9 Å². The molecule has 0 aliphatic carbocycles. The second kappa shape index (κ2) is 6.78. The van der Waals surface area contributed by atoms with Crippen LogP contribution in [0.2, 0.25) is 0 Å². The van der Waals surface area contributed by atoms with Crippen LogP contribution in [0.5, 0.6) is 0 Å². The third-order valence-electron chi connectivity index (χ3n) is 2.30. The van der Waals surface area contributed by atoms with Crippen molar-refractivity contribution in [2.75, 3.05) is 18.0 Å². The van der Waals surface area contributed by atoms with Crippen molar-refractivity contribution in [2.45, 2.75) is 26.7 Å². The first-order chi connectivity index (χ1) is 8.17. The second-order valence-electron chi connectivity index (χ2n) is 3.83. The van der Waals surface area contributed by atoms with Crippen LogP contribution in [0.4, 0.5) is 5.88 Å². The highest BCUT2D eigenvalue weighted by atomic mass is 16.4.